The van der Waals surface area contributed by atoms with Crippen molar-refractivity contribution in [1.29, 1.82) is 0 Å². The third kappa shape index (κ3) is 2.49. The summed E-state index contributed by atoms with van der Waals surface area (Å²) in [7, 11) is 0. The Hall–Kier alpha value is -2.44. The van der Waals surface area contributed by atoms with Crippen LogP contribution in [-0.2, 0) is 9.53 Å². The van der Waals surface area contributed by atoms with Crippen molar-refractivity contribution in [1.82, 2.24) is 24.8 Å². The Bertz CT molecular complexity index is 845. The Morgan fingerprint density at radius 3 is 2.76 bits per heavy atom. The maximum absolute atomic E-state index is 12.9. The average molecular weight is 356 g/mol. The maximum Gasteiger partial charge on any atom is 0.270 e. The van der Waals surface area contributed by atoms with E-state index in [4.69, 9.17) is 10.5 Å². The van der Waals surface area contributed by atoms with Crippen LogP contribution in [0.25, 0.3) is 11.2 Å². The molecule has 5 atom stereocenters. The van der Waals surface area contributed by atoms with Gasteiger partial charge in [0.2, 0.25) is 0 Å². The summed E-state index contributed by atoms with van der Waals surface area (Å²) in [6.07, 6.45) is -3.80. The summed E-state index contributed by atoms with van der Waals surface area (Å²) in [6.45, 7) is 0. The van der Waals surface area contributed by atoms with Gasteiger partial charge in [-0.05, 0) is 0 Å². The molecular weight excluding hydrogens is 342 g/mol. The van der Waals surface area contributed by atoms with Crippen molar-refractivity contribution in [2.24, 2.45) is 0 Å². The fraction of sp³-hybridized carbons (Fsp3) is 0.538. The molecule has 1 unspecified atom stereocenters. The highest BCUT2D eigenvalue weighted by molar-refractivity contribution is 5.83. The van der Waals surface area contributed by atoms with Crippen LogP contribution in [0, 0.1) is 0 Å². The van der Waals surface area contributed by atoms with Gasteiger partial charge in [0.25, 0.3) is 11.8 Å². The zero-order valence-electron chi connectivity index (χ0n) is 12.6. The highest BCUT2D eigenvalue weighted by Gasteiger charge is 2.59. The van der Waals surface area contributed by atoms with Crippen LogP contribution in [0.1, 0.15) is 12.6 Å². The van der Waals surface area contributed by atoms with E-state index < -0.39 is 48.8 Å². The van der Waals surface area contributed by atoms with Gasteiger partial charge in [-0.3, -0.25) is 9.36 Å². The number of hydrogen-bond acceptors (Lipinski definition) is 8. The number of aliphatic hydroxyl groups is 2. The monoisotopic (exact) mass is 356 g/mol. The zero-order chi connectivity index (χ0) is 17.9. The SMILES string of the molecule is Nc1ncnc2c1ncn2[C@@H]1O[C@H](C(=O)NC2CC2(F)F)[C@@H](O)[C@H]1O. The summed E-state index contributed by atoms with van der Waals surface area (Å²) in [5.74, 6) is -3.76. The second-order valence-electron chi connectivity index (χ2n) is 6.04. The maximum atomic E-state index is 12.9. The summed E-state index contributed by atoms with van der Waals surface area (Å²) in [5, 5.41) is 22.4. The van der Waals surface area contributed by atoms with E-state index in [2.05, 4.69) is 20.3 Å². The molecule has 2 aromatic heterocycles. The highest BCUT2D eigenvalue weighted by Crippen LogP contribution is 2.42. The van der Waals surface area contributed by atoms with Crippen molar-refractivity contribution in [2.75, 3.05) is 5.73 Å². The number of nitrogen functional groups attached to an aromatic ring is 1. The smallest absolute Gasteiger partial charge is 0.270 e. The fourth-order valence-electron chi connectivity index (χ4n) is 2.79. The molecule has 2 fully saturated rings. The zero-order valence-corrected chi connectivity index (χ0v) is 12.6. The van der Waals surface area contributed by atoms with Crippen LogP contribution in [0.5, 0.6) is 0 Å². The molecule has 2 aromatic rings. The van der Waals surface area contributed by atoms with Crippen molar-refractivity contribution < 1.29 is 28.5 Å². The Morgan fingerprint density at radius 1 is 1.36 bits per heavy atom. The molecule has 1 saturated heterocycles. The molecule has 1 aliphatic carbocycles. The number of aliphatic hydroxyl groups excluding tert-OH is 2. The number of halogens is 2. The Morgan fingerprint density at radius 2 is 2.08 bits per heavy atom. The van der Waals surface area contributed by atoms with Gasteiger partial charge in [0.1, 0.15) is 24.1 Å². The van der Waals surface area contributed by atoms with Gasteiger partial charge in [0.05, 0.1) is 12.4 Å². The van der Waals surface area contributed by atoms with E-state index in [-0.39, 0.29) is 17.0 Å². The van der Waals surface area contributed by atoms with Crippen LogP contribution >= 0.6 is 0 Å². The predicted octanol–water partition coefficient (Wildman–Crippen LogP) is -1.45. The number of amides is 1. The molecule has 1 aliphatic heterocycles. The first-order chi connectivity index (χ1) is 11.8. The molecule has 12 heteroatoms. The summed E-state index contributed by atoms with van der Waals surface area (Å²) in [4.78, 5) is 23.8. The van der Waals surface area contributed by atoms with Gasteiger partial charge < -0.3 is 26.0 Å². The molecule has 1 amide bonds. The van der Waals surface area contributed by atoms with E-state index in [1.807, 2.05) is 0 Å². The molecule has 4 rings (SSSR count). The number of carbonyl (C=O) groups is 1. The average Bonchev–Trinajstić information content (AvgIpc) is 2.87. The Labute approximate surface area is 138 Å². The molecule has 0 spiro atoms. The molecule has 134 valence electrons. The number of aromatic nitrogens is 4. The van der Waals surface area contributed by atoms with E-state index in [9.17, 15) is 23.8 Å². The van der Waals surface area contributed by atoms with E-state index >= 15 is 0 Å². The van der Waals surface area contributed by atoms with Gasteiger partial charge >= 0.3 is 0 Å². The standard InChI is InChI=1S/C13H14F2N6O4/c14-13(15)1-4(13)20-11(24)8-6(22)7(23)12(25-8)21-3-19-5-9(16)17-2-18-10(5)21/h2-4,6-8,12,22-23H,1H2,(H,20,24)(H2,16,17,18)/t4?,6-,7+,8-,12+/m0/s1. The van der Waals surface area contributed by atoms with E-state index in [1.165, 1.54) is 17.2 Å². The minimum absolute atomic E-state index is 0.113. The quantitative estimate of drug-likeness (QED) is 0.522. The Balaban J connectivity index is 1.57. The van der Waals surface area contributed by atoms with Crippen molar-refractivity contribution in [3.63, 3.8) is 0 Å². The molecule has 25 heavy (non-hydrogen) atoms. The van der Waals surface area contributed by atoms with Crippen molar-refractivity contribution in [3.05, 3.63) is 12.7 Å². The fourth-order valence-corrected chi connectivity index (χ4v) is 2.79. The number of anilines is 1. The number of alkyl halides is 2. The molecule has 1 saturated carbocycles. The Kier molecular flexibility index (Phi) is 3.39. The van der Waals surface area contributed by atoms with E-state index in [0.29, 0.717) is 0 Å². The van der Waals surface area contributed by atoms with E-state index in [1.54, 1.807) is 0 Å². The second-order valence-corrected chi connectivity index (χ2v) is 6.04. The number of nitrogens with zero attached hydrogens (tertiary/aromatic N) is 4. The molecule has 10 nitrogen and oxygen atoms in total. The lowest BCUT2D eigenvalue weighted by Crippen LogP contribution is -2.44. The number of rotatable bonds is 3. The molecule has 5 N–H and O–H groups in total. The van der Waals surface area contributed by atoms with Crippen molar-refractivity contribution in [2.45, 2.75) is 42.9 Å². The molecular formula is C13H14F2N6O4. The molecule has 3 heterocycles. The molecule has 0 aromatic carbocycles. The first-order valence-electron chi connectivity index (χ1n) is 7.42. The first-order valence-corrected chi connectivity index (χ1v) is 7.42. The number of fused-ring (bicyclic) bond motifs is 1. The number of ether oxygens (including phenoxy) is 1. The number of nitrogens with one attached hydrogen (secondary N) is 1. The molecule has 0 radical (unpaired) electrons. The summed E-state index contributed by atoms with van der Waals surface area (Å²) < 4.78 is 32.5. The van der Waals surface area contributed by atoms with Crippen LogP contribution in [-0.4, -0.2) is 65.9 Å². The minimum Gasteiger partial charge on any atom is -0.387 e. The third-order valence-corrected chi connectivity index (χ3v) is 4.30. The van der Waals surface area contributed by atoms with E-state index in [0.717, 1.165) is 0 Å². The van der Waals surface area contributed by atoms with Gasteiger partial charge in [-0.1, -0.05) is 0 Å². The summed E-state index contributed by atoms with van der Waals surface area (Å²) >= 11 is 0. The first kappa shape index (κ1) is 16.1. The van der Waals surface area contributed by atoms with Gasteiger partial charge in [0, 0.05) is 6.42 Å². The predicted molar refractivity (Wildman–Crippen MR) is 77.2 cm³/mol. The highest BCUT2D eigenvalue weighted by atomic mass is 19.3. The van der Waals surface area contributed by atoms with Gasteiger partial charge in [-0.15, -0.1) is 0 Å². The molecule has 2 aliphatic rings. The van der Waals surface area contributed by atoms with Gasteiger partial charge in [-0.2, -0.15) is 0 Å². The van der Waals surface area contributed by atoms with Gasteiger partial charge in [0.15, 0.2) is 23.8 Å². The van der Waals surface area contributed by atoms with Crippen LogP contribution < -0.4 is 11.1 Å². The molecule has 0 bridgehead atoms. The third-order valence-electron chi connectivity index (χ3n) is 4.30. The lowest BCUT2D eigenvalue weighted by Gasteiger charge is -2.16. The van der Waals surface area contributed by atoms with Gasteiger partial charge in [-0.25, -0.2) is 23.7 Å². The number of hydrogen-bond donors (Lipinski definition) is 4. The summed E-state index contributed by atoms with van der Waals surface area (Å²) in [5.41, 5.74) is 6.18. The van der Waals surface area contributed by atoms with Crippen molar-refractivity contribution in [3.8, 4) is 0 Å². The van der Waals surface area contributed by atoms with Crippen LogP contribution in [0.15, 0.2) is 12.7 Å². The number of imidazole rings is 1. The normalized spacial score (nSPS) is 33.5. The second kappa shape index (κ2) is 5.28. The topological polar surface area (TPSA) is 148 Å². The van der Waals surface area contributed by atoms with Crippen LogP contribution in [0.3, 0.4) is 0 Å². The minimum atomic E-state index is -2.95. The lowest BCUT2D eigenvalue weighted by molar-refractivity contribution is -0.138. The summed E-state index contributed by atoms with van der Waals surface area (Å²) in [6, 6.07) is -1.28. The number of carbonyl (C=O) groups excluding carboxylic acids is 1. The largest absolute Gasteiger partial charge is 0.387 e. The van der Waals surface area contributed by atoms with Crippen LogP contribution in [0.2, 0.25) is 0 Å². The lowest BCUT2D eigenvalue weighted by atomic mass is 10.1. The van der Waals surface area contributed by atoms with Crippen LogP contribution in [0.4, 0.5) is 14.6 Å². The van der Waals surface area contributed by atoms with Crippen molar-refractivity contribution >= 4 is 22.9 Å². The number of nitrogens with two attached hydrogens (primary N) is 1.